The maximum absolute atomic E-state index is 10.5. The largest absolute Gasteiger partial charge is 0.307 e. The predicted molar refractivity (Wildman–Crippen MR) is 31.7 cm³/mol. The molecule has 49 valence electrons. The second kappa shape index (κ2) is 2.73. The van der Waals surface area contributed by atoms with E-state index in [1.54, 1.807) is 0 Å². The fraction of sp³-hybridized carbons (Fsp3) is 0.667. The van der Waals surface area contributed by atoms with Crippen LogP contribution in [0.1, 0.15) is 12.8 Å². The smallest absolute Gasteiger partial charge is 0.273 e. The van der Waals surface area contributed by atoms with Crippen molar-refractivity contribution in [1.82, 2.24) is 5.32 Å². The molecule has 0 saturated carbocycles. The van der Waals surface area contributed by atoms with Crippen molar-refractivity contribution in [2.75, 3.05) is 6.54 Å². The second-order valence-electron chi connectivity index (χ2n) is 2.12. The quantitative estimate of drug-likeness (QED) is 0.503. The summed E-state index contributed by atoms with van der Waals surface area (Å²) in [4.78, 5) is 20.3. The third kappa shape index (κ3) is 1.36. The standard InChI is InChI=1S/C6H8NO2/c8-4-6(9)5-2-1-3-7-5/h5,7H,1-3H2. The Labute approximate surface area is 53.4 Å². The van der Waals surface area contributed by atoms with Gasteiger partial charge in [0.05, 0.1) is 6.04 Å². The number of carbonyl (C=O) groups excluding carboxylic acids is 2. The van der Waals surface area contributed by atoms with Gasteiger partial charge >= 0.3 is 0 Å². The molecule has 1 rings (SSSR count). The van der Waals surface area contributed by atoms with Crippen molar-refractivity contribution in [1.29, 1.82) is 0 Å². The molecule has 1 saturated heterocycles. The van der Waals surface area contributed by atoms with Crippen LogP contribution in [0, 0.1) is 0 Å². The van der Waals surface area contributed by atoms with Crippen LogP contribution in [0.25, 0.3) is 0 Å². The summed E-state index contributed by atoms with van der Waals surface area (Å²) in [5, 5.41) is 2.90. The number of carbonyl (C=O) groups is 1. The summed E-state index contributed by atoms with van der Waals surface area (Å²) in [5.74, 6) is -0.437. The van der Waals surface area contributed by atoms with E-state index in [1.807, 2.05) is 0 Å². The van der Waals surface area contributed by atoms with Crippen LogP contribution in [0.3, 0.4) is 0 Å². The molecule has 1 heterocycles. The minimum absolute atomic E-state index is 0.234. The van der Waals surface area contributed by atoms with E-state index in [0.717, 1.165) is 19.4 Å². The van der Waals surface area contributed by atoms with E-state index in [9.17, 15) is 9.59 Å². The summed E-state index contributed by atoms with van der Waals surface area (Å²) in [6.45, 7) is 0.845. The third-order valence-electron chi connectivity index (χ3n) is 1.48. The molecule has 0 aromatic rings. The van der Waals surface area contributed by atoms with Gasteiger partial charge in [-0.3, -0.25) is 9.59 Å². The van der Waals surface area contributed by atoms with E-state index in [-0.39, 0.29) is 6.04 Å². The zero-order valence-electron chi connectivity index (χ0n) is 5.02. The minimum Gasteiger partial charge on any atom is -0.307 e. The predicted octanol–water partition coefficient (Wildman–Crippen LogP) is -0.583. The highest BCUT2D eigenvalue weighted by Crippen LogP contribution is 2.03. The lowest BCUT2D eigenvalue weighted by molar-refractivity contribution is -0.114. The summed E-state index contributed by atoms with van der Waals surface area (Å²) in [5.41, 5.74) is 0. The van der Waals surface area contributed by atoms with Gasteiger partial charge in [0, 0.05) is 0 Å². The molecule has 1 aliphatic rings. The van der Waals surface area contributed by atoms with Crippen LogP contribution in [0.4, 0.5) is 0 Å². The first-order valence-electron chi connectivity index (χ1n) is 3.00. The first-order valence-corrected chi connectivity index (χ1v) is 3.00. The summed E-state index contributed by atoms with van der Waals surface area (Å²) in [6, 6.07) is -0.234. The van der Waals surface area contributed by atoms with Crippen LogP contribution in [0.15, 0.2) is 0 Å². The molecular formula is C6H8NO2. The maximum atomic E-state index is 10.5. The SMILES string of the molecule is O=[C]C(=O)C1CCCN1. The molecule has 0 aliphatic carbocycles. The summed E-state index contributed by atoms with van der Waals surface area (Å²) < 4.78 is 0. The first kappa shape index (κ1) is 6.42. The number of hydrogen-bond donors (Lipinski definition) is 1. The molecule has 3 nitrogen and oxygen atoms in total. The van der Waals surface area contributed by atoms with E-state index in [1.165, 1.54) is 6.29 Å². The van der Waals surface area contributed by atoms with Crippen molar-refractivity contribution < 1.29 is 9.59 Å². The van der Waals surface area contributed by atoms with E-state index >= 15 is 0 Å². The Balaban J connectivity index is 2.41. The molecule has 1 unspecified atom stereocenters. The van der Waals surface area contributed by atoms with E-state index in [0.29, 0.717) is 0 Å². The van der Waals surface area contributed by atoms with Crippen molar-refractivity contribution in [2.45, 2.75) is 18.9 Å². The Bertz CT molecular complexity index is 127. The molecule has 1 fully saturated rings. The van der Waals surface area contributed by atoms with Crippen LogP contribution in [-0.4, -0.2) is 24.7 Å². The summed E-state index contributed by atoms with van der Waals surface area (Å²) in [7, 11) is 0. The molecule has 0 aromatic carbocycles. The third-order valence-corrected chi connectivity index (χ3v) is 1.48. The van der Waals surface area contributed by atoms with Gasteiger partial charge in [0.1, 0.15) is 0 Å². The van der Waals surface area contributed by atoms with Crippen molar-refractivity contribution in [2.24, 2.45) is 0 Å². The Hall–Kier alpha value is -0.700. The van der Waals surface area contributed by atoms with Crippen LogP contribution in [0.5, 0.6) is 0 Å². The lowest BCUT2D eigenvalue weighted by Gasteiger charge is -1.99. The van der Waals surface area contributed by atoms with Crippen molar-refractivity contribution in [3.05, 3.63) is 0 Å². The second-order valence-corrected chi connectivity index (χ2v) is 2.12. The molecule has 0 bridgehead atoms. The van der Waals surface area contributed by atoms with Crippen molar-refractivity contribution in [3.63, 3.8) is 0 Å². The molecule has 1 radical (unpaired) electrons. The van der Waals surface area contributed by atoms with Gasteiger partial charge < -0.3 is 5.32 Å². The number of rotatable bonds is 2. The molecule has 1 N–H and O–H groups in total. The zero-order valence-corrected chi connectivity index (χ0v) is 5.02. The average Bonchev–Trinajstić information content (AvgIpc) is 2.37. The molecule has 0 amide bonds. The topological polar surface area (TPSA) is 46.2 Å². The fourth-order valence-electron chi connectivity index (χ4n) is 0.979. The highest BCUT2D eigenvalue weighted by molar-refractivity contribution is 6.27. The molecule has 1 atom stereocenters. The number of ketones is 1. The number of nitrogens with one attached hydrogen (secondary N) is 1. The monoisotopic (exact) mass is 126 g/mol. The highest BCUT2D eigenvalue weighted by atomic mass is 16.2. The maximum Gasteiger partial charge on any atom is 0.273 e. The van der Waals surface area contributed by atoms with Gasteiger partial charge in [-0.1, -0.05) is 0 Å². The highest BCUT2D eigenvalue weighted by Gasteiger charge is 2.21. The van der Waals surface area contributed by atoms with Gasteiger partial charge in [-0.2, -0.15) is 0 Å². The molecule has 9 heavy (non-hydrogen) atoms. The van der Waals surface area contributed by atoms with Gasteiger partial charge in [-0.05, 0) is 19.4 Å². The lowest BCUT2D eigenvalue weighted by atomic mass is 10.1. The molecule has 1 aliphatic heterocycles. The van der Waals surface area contributed by atoms with Crippen molar-refractivity contribution in [3.8, 4) is 0 Å². The van der Waals surface area contributed by atoms with Gasteiger partial charge in [-0.15, -0.1) is 0 Å². The van der Waals surface area contributed by atoms with Gasteiger partial charge in [-0.25, -0.2) is 0 Å². The number of Topliss-reactive ketones (excluding diaryl/α,β-unsaturated/α-hetero) is 1. The Kier molecular flexibility index (Phi) is 1.95. The van der Waals surface area contributed by atoms with Gasteiger partial charge in [0.15, 0.2) is 0 Å². The lowest BCUT2D eigenvalue weighted by Crippen LogP contribution is -2.31. The first-order chi connectivity index (χ1) is 4.34. The molecular weight excluding hydrogens is 118 g/mol. The normalized spacial score (nSPS) is 26.0. The van der Waals surface area contributed by atoms with E-state index in [4.69, 9.17) is 0 Å². The molecule has 0 spiro atoms. The van der Waals surface area contributed by atoms with Crippen LogP contribution >= 0.6 is 0 Å². The minimum atomic E-state index is -0.437. The zero-order chi connectivity index (χ0) is 6.69. The summed E-state index contributed by atoms with van der Waals surface area (Å²) >= 11 is 0. The average molecular weight is 126 g/mol. The van der Waals surface area contributed by atoms with Crippen LogP contribution < -0.4 is 5.32 Å². The van der Waals surface area contributed by atoms with Gasteiger partial charge in [0.25, 0.3) is 6.29 Å². The Morgan fingerprint density at radius 1 is 1.67 bits per heavy atom. The van der Waals surface area contributed by atoms with E-state index in [2.05, 4.69) is 5.32 Å². The summed E-state index contributed by atoms with van der Waals surface area (Å²) in [6.07, 6.45) is 3.13. The molecule has 3 heteroatoms. The molecule has 0 aromatic heterocycles. The van der Waals surface area contributed by atoms with Gasteiger partial charge in [0.2, 0.25) is 5.78 Å². The fourth-order valence-corrected chi connectivity index (χ4v) is 0.979. The number of hydrogen-bond acceptors (Lipinski definition) is 3. The van der Waals surface area contributed by atoms with Crippen molar-refractivity contribution >= 4 is 12.1 Å². The van der Waals surface area contributed by atoms with E-state index < -0.39 is 5.78 Å². The Morgan fingerprint density at radius 2 is 2.44 bits per heavy atom. The Morgan fingerprint density at radius 3 is 2.89 bits per heavy atom. The van der Waals surface area contributed by atoms with Crippen LogP contribution in [-0.2, 0) is 9.59 Å². The van der Waals surface area contributed by atoms with Crippen LogP contribution in [0.2, 0.25) is 0 Å².